The van der Waals surface area contributed by atoms with Gasteiger partial charge in [0.1, 0.15) is 17.7 Å². The number of carbonyl (C=O) groups is 3. The van der Waals surface area contributed by atoms with E-state index in [1.165, 1.54) is 11.3 Å². The van der Waals surface area contributed by atoms with Crippen LogP contribution in [0.25, 0.3) is 10.6 Å². The molecule has 1 aliphatic heterocycles. The first-order valence-electron chi connectivity index (χ1n) is 9.60. The number of benzene rings is 2. The van der Waals surface area contributed by atoms with Crippen LogP contribution in [-0.2, 0) is 16.1 Å². The number of imide groups is 1. The van der Waals surface area contributed by atoms with E-state index in [9.17, 15) is 14.4 Å². The minimum absolute atomic E-state index is 0.0193. The largest absolute Gasteiger partial charge is 0.458 e. The van der Waals surface area contributed by atoms with Gasteiger partial charge in [-0.3, -0.25) is 14.5 Å². The summed E-state index contributed by atoms with van der Waals surface area (Å²) < 4.78 is 5.47. The van der Waals surface area contributed by atoms with Gasteiger partial charge in [-0.1, -0.05) is 56.3 Å². The van der Waals surface area contributed by atoms with Crippen LogP contribution in [0.5, 0.6) is 0 Å². The Balaban J connectivity index is 1.49. The van der Waals surface area contributed by atoms with Gasteiger partial charge in [0.15, 0.2) is 0 Å². The summed E-state index contributed by atoms with van der Waals surface area (Å²) in [5, 5.41) is 2.67. The van der Waals surface area contributed by atoms with Crippen LogP contribution >= 0.6 is 11.3 Å². The second-order valence-electron chi connectivity index (χ2n) is 7.33. The number of aromatic nitrogens is 1. The lowest BCUT2D eigenvalue weighted by Gasteiger charge is -2.27. The molecule has 2 amide bonds. The fourth-order valence-corrected chi connectivity index (χ4v) is 4.26. The molecule has 0 aliphatic carbocycles. The van der Waals surface area contributed by atoms with Crippen molar-refractivity contribution in [3.63, 3.8) is 0 Å². The number of rotatable bonds is 6. The quantitative estimate of drug-likeness (QED) is 0.442. The van der Waals surface area contributed by atoms with Crippen LogP contribution < -0.4 is 0 Å². The summed E-state index contributed by atoms with van der Waals surface area (Å²) in [6.07, 6.45) is 0. The molecular weight excluding hydrogens is 400 g/mol. The van der Waals surface area contributed by atoms with Gasteiger partial charge in [0.2, 0.25) is 0 Å². The van der Waals surface area contributed by atoms with Crippen LogP contribution in [0.3, 0.4) is 0 Å². The fourth-order valence-electron chi connectivity index (χ4n) is 3.45. The molecule has 7 heteroatoms. The van der Waals surface area contributed by atoms with Crippen LogP contribution in [0.1, 0.15) is 40.3 Å². The van der Waals surface area contributed by atoms with Gasteiger partial charge in [-0.15, -0.1) is 11.3 Å². The minimum Gasteiger partial charge on any atom is -0.458 e. The fraction of sp³-hybridized carbons (Fsp3) is 0.217. The lowest BCUT2D eigenvalue weighted by atomic mass is 10.0. The van der Waals surface area contributed by atoms with E-state index in [-0.39, 0.29) is 12.5 Å². The molecule has 4 rings (SSSR count). The number of fused-ring (bicyclic) bond motifs is 1. The van der Waals surface area contributed by atoms with E-state index in [4.69, 9.17) is 4.74 Å². The molecule has 152 valence electrons. The van der Waals surface area contributed by atoms with Crippen molar-refractivity contribution >= 4 is 29.1 Å². The van der Waals surface area contributed by atoms with Gasteiger partial charge in [0.05, 0.1) is 16.8 Å². The maximum Gasteiger partial charge on any atom is 0.330 e. The molecule has 0 saturated carbocycles. The predicted molar refractivity (Wildman–Crippen MR) is 113 cm³/mol. The summed E-state index contributed by atoms with van der Waals surface area (Å²) in [5.41, 5.74) is 2.24. The van der Waals surface area contributed by atoms with Crippen LogP contribution in [0.2, 0.25) is 0 Å². The summed E-state index contributed by atoms with van der Waals surface area (Å²) in [7, 11) is 0. The van der Waals surface area contributed by atoms with E-state index in [1.54, 1.807) is 38.1 Å². The highest BCUT2D eigenvalue weighted by Crippen LogP contribution is 2.28. The zero-order valence-corrected chi connectivity index (χ0v) is 17.4. The molecule has 0 saturated heterocycles. The van der Waals surface area contributed by atoms with Crippen molar-refractivity contribution in [2.75, 3.05) is 0 Å². The van der Waals surface area contributed by atoms with Crippen LogP contribution in [0, 0.1) is 5.92 Å². The number of hydrogen-bond acceptors (Lipinski definition) is 6. The van der Waals surface area contributed by atoms with E-state index in [0.717, 1.165) is 15.5 Å². The van der Waals surface area contributed by atoms with Crippen molar-refractivity contribution in [3.8, 4) is 10.6 Å². The molecule has 2 heterocycles. The molecule has 0 N–H and O–H groups in total. The number of thiazole rings is 1. The van der Waals surface area contributed by atoms with Gasteiger partial charge in [0, 0.05) is 10.9 Å². The molecule has 0 fully saturated rings. The first kappa shape index (κ1) is 20.0. The molecule has 0 unspecified atom stereocenters. The van der Waals surface area contributed by atoms with E-state index < -0.39 is 23.8 Å². The van der Waals surface area contributed by atoms with Gasteiger partial charge in [-0.05, 0) is 18.1 Å². The third-order valence-corrected chi connectivity index (χ3v) is 5.85. The van der Waals surface area contributed by atoms with Crippen molar-refractivity contribution in [3.05, 3.63) is 76.8 Å². The number of carbonyl (C=O) groups excluding carboxylic acids is 3. The molecule has 1 aromatic heterocycles. The first-order valence-corrected chi connectivity index (χ1v) is 10.5. The van der Waals surface area contributed by atoms with Crippen molar-refractivity contribution in [1.82, 2.24) is 9.88 Å². The van der Waals surface area contributed by atoms with Crippen LogP contribution in [0.15, 0.2) is 60.0 Å². The van der Waals surface area contributed by atoms with Crippen LogP contribution in [-0.4, -0.2) is 33.7 Å². The van der Waals surface area contributed by atoms with Crippen molar-refractivity contribution < 1.29 is 19.1 Å². The second kappa shape index (κ2) is 8.20. The predicted octanol–water partition coefficient (Wildman–Crippen LogP) is 4.17. The summed E-state index contributed by atoms with van der Waals surface area (Å²) in [6.45, 7) is 3.55. The first-order chi connectivity index (χ1) is 14.5. The standard InChI is InChI=1S/C23H20N2O4S/c1-14(2)19(25-21(26)17-10-6-7-11-18(17)22(25)27)23(28)29-12-16-13-30-20(24-16)15-8-4-3-5-9-15/h3-11,13-14,19H,12H2,1-2H3/t19-/m0/s1. The zero-order chi connectivity index (χ0) is 21.3. The Hall–Kier alpha value is -3.32. The molecule has 0 bridgehead atoms. The highest BCUT2D eigenvalue weighted by Gasteiger charge is 2.44. The van der Waals surface area contributed by atoms with Crippen molar-refractivity contribution in [2.45, 2.75) is 26.5 Å². The second-order valence-corrected chi connectivity index (χ2v) is 8.19. The Morgan fingerprint density at radius 3 is 2.20 bits per heavy atom. The molecule has 0 radical (unpaired) electrons. The van der Waals surface area contributed by atoms with Gasteiger partial charge < -0.3 is 4.74 Å². The number of esters is 1. The van der Waals surface area contributed by atoms with Crippen molar-refractivity contribution in [2.24, 2.45) is 5.92 Å². The van der Waals surface area contributed by atoms with Gasteiger partial charge in [0.25, 0.3) is 11.8 Å². The molecular formula is C23H20N2O4S. The lowest BCUT2D eigenvalue weighted by Crippen LogP contribution is -2.48. The number of ether oxygens (including phenoxy) is 1. The Labute approximate surface area is 178 Å². The smallest absolute Gasteiger partial charge is 0.330 e. The topological polar surface area (TPSA) is 76.6 Å². The molecule has 1 atom stereocenters. The molecule has 3 aromatic rings. The molecule has 6 nitrogen and oxygen atoms in total. The number of nitrogens with zero attached hydrogens (tertiary/aromatic N) is 2. The Kier molecular flexibility index (Phi) is 5.46. The molecule has 0 spiro atoms. The third-order valence-electron chi connectivity index (χ3n) is 4.91. The zero-order valence-electron chi connectivity index (χ0n) is 16.6. The SMILES string of the molecule is CC(C)[C@@H](C(=O)OCc1csc(-c2ccccc2)n1)N1C(=O)c2ccccc2C1=O. The van der Waals surface area contributed by atoms with E-state index in [1.807, 2.05) is 35.7 Å². The summed E-state index contributed by atoms with van der Waals surface area (Å²) in [4.78, 5) is 44.0. The normalized spacial score (nSPS) is 14.2. The number of hydrogen-bond donors (Lipinski definition) is 0. The monoisotopic (exact) mass is 420 g/mol. The summed E-state index contributed by atoms with van der Waals surface area (Å²) in [6, 6.07) is 15.3. The van der Waals surface area contributed by atoms with Crippen molar-refractivity contribution in [1.29, 1.82) is 0 Å². The van der Waals surface area contributed by atoms with E-state index >= 15 is 0 Å². The Morgan fingerprint density at radius 2 is 1.60 bits per heavy atom. The number of amides is 2. The minimum atomic E-state index is -0.996. The van der Waals surface area contributed by atoms with Gasteiger partial charge >= 0.3 is 5.97 Å². The Morgan fingerprint density at radius 1 is 1.00 bits per heavy atom. The molecule has 2 aromatic carbocycles. The van der Waals surface area contributed by atoms with Gasteiger partial charge in [-0.2, -0.15) is 0 Å². The summed E-state index contributed by atoms with van der Waals surface area (Å²) >= 11 is 1.47. The average molecular weight is 420 g/mol. The van der Waals surface area contributed by atoms with Gasteiger partial charge in [-0.25, -0.2) is 9.78 Å². The van der Waals surface area contributed by atoms with E-state index in [0.29, 0.717) is 16.8 Å². The average Bonchev–Trinajstić information content (AvgIpc) is 3.32. The Bertz CT molecular complexity index is 1070. The molecule has 1 aliphatic rings. The maximum atomic E-state index is 12.9. The maximum absolute atomic E-state index is 12.9. The van der Waals surface area contributed by atoms with E-state index in [2.05, 4.69) is 4.98 Å². The van der Waals surface area contributed by atoms with Crippen LogP contribution in [0.4, 0.5) is 0 Å². The highest BCUT2D eigenvalue weighted by atomic mass is 32.1. The lowest BCUT2D eigenvalue weighted by molar-refractivity contribution is -0.151. The molecule has 30 heavy (non-hydrogen) atoms. The highest BCUT2D eigenvalue weighted by molar-refractivity contribution is 7.13. The third kappa shape index (κ3) is 3.64. The summed E-state index contributed by atoms with van der Waals surface area (Å²) in [5.74, 6) is -1.85.